The number of rotatable bonds is 3. The molecule has 10 heteroatoms. The Balaban J connectivity index is 1.93. The number of aromatic nitrogens is 4. The number of hydrogen-bond donors (Lipinski definition) is 1. The minimum atomic E-state index is -4.65. The predicted octanol–water partition coefficient (Wildman–Crippen LogP) is 2.78. The molecule has 0 atom stereocenters. The minimum absolute atomic E-state index is 0.129. The quantitative estimate of drug-likeness (QED) is 0.727. The molecule has 1 aliphatic heterocycles. The van der Waals surface area contributed by atoms with Gasteiger partial charge in [-0.25, -0.2) is 4.98 Å². The van der Waals surface area contributed by atoms with Gasteiger partial charge in [-0.1, -0.05) is 0 Å². The Labute approximate surface area is 164 Å². The van der Waals surface area contributed by atoms with Gasteiger partial charge in [0.2, 0.25) is 0 Å². The van der Waals surface area contributed by atoms with Crippen LogP contribution >= 0.6 is 0 Å². The molecule has 0 fully saturated rings. The van der Waals surface area contributed by atoms with Crippen LogP contribution in [0.4, 0.5) is 13.2 Å². The van der Waals surface area contributed by atoms with Crippen LogP contribution in [0.25, 0.3) is 11.1 Å². The SMILES string of the molecule is Cc1nccn1Cc1cc2c(c(-c3cn(C)nc3C(F)(F)F)c1)OCCNC2=O. The van der Waals surface area contributed by atoms with Crippen LogP contribution in [0.5, 0.6) is 5.75 Å². The summed E-state index contributed by atoms with van der Waals surface area (Å²) in [5.41, 5.74) is -0.114. The minimum Gasteiger partial charge on any atom is -0.490 e. The van der Waals surface area contributed by atoms with E-state index in [9.17, 15) is 18.0 Å². The van der Waals surface area contributed by atoms with Crippen molar-refractivity contribution >= 4 is 5.91 Å². The van der Waals surface area contributed by atoms with Gasteiger partial charge in [0.05, 0.1) is 12.1 Å². The van der Waals surface area contributed by atoms with Gasteiger partial charge in [0.1, 0.15) is 18.2 Å². The van der Waals surface area contributed by atoms with Crippen LogP contribution in [0.1, 0.15) is 27.4 Å². The van der Waals surface area contributed by atoms with Crippen LogP contribution in [0.3, 0.4) is 0 Å². The number of nitrogens with one attached hydrogen (secondary N) is 1. The summed E-state index contributed by atoms with van der Waals surface area (Å²) in [4.78, 5) is 16.7. The Bertz CT molecular complexity index is 1080. The van der Waals surface area contributed by atoms with Crippen LogP contribution < -0.4 is 10.1 Å². The Morgan fingerprint density at radius 3 is 2.69 bits per heavy atom. The van der Waals surface area contributed by atoms with E-state index < -0.39 is 11.9 Å². The van der Waals surface area contributed by atoms with Gasteiger partial charge >= 0.3 is 6.18 Å². The van der Waals surface area contributed by atoms with E-state index in [4.69, 9.17) is 4.74 Å². The first-order chi connectivity index (χ1) is 13.7. The fourth-order valence-electron chi connectivity index (χ4n) is 3.38. The van der Waals surface area contributed by atoms with Crippen LogP contribution in [0.2, 0.25) is 0 Å². The topological polar surface area (TPSA) is 74.0 Å². The van der Waals surface area contributed by atoms with Crippen molar-refractivity contribution in [3.8, 4) is 16.9 Å². The number of imidazole rings is 1. The number of halogens is 3. The summed E-state index contributed by atoms with van der Waals surface area (Å²) < 4.78 is 49.4. The summed E-state index contributed by atoms with van der Waals surface area (Å²) in [6.07, 6.45) is 0.0467. The van der Waals surface area contributed by atoms with E-state index in [1.54, 1.807) is 24.5 Å². The summed E-state index contributed by atoms with van der Waals surface area (Å²) in [5, 5.41) is 6.29. The largest absolute Gasteiger partial charge is 0.490 e. The highest BCUT2D eigenvalue weighted by atomic mass is 19.4. The highest BCUT2D eigenvalue weighted by Crippen LogP contribution is 2.42. The number of nitrogens with zero attached hydrogens (tertiary/aromatic N) is 4. The molecule has 1 amide bonds. The molecule has 0 spiro atoms. The molecule has 3 aromatic rings. The highest BCUT2D eigenvalue weighted by molar-refractivity contribution is 6.00. The molecule has 152 valence electrons. The third-order valence-corrected chi connectivity index (χ3v) is 4.69. The maximum atomic E-state index is 13.6. The fraction of sp³-hybridized carbons (Fsp3) is 0.316. The average molecular weight is 405 g/mol. The molecular formula is C19H18F3N5O2. The molecule has 1 aromatic carbocycles. The molecule has 0 aliphatic carbocycles. The lowest BCUT2D eigenvalue weighted by atomic mass is 9.97. The van der Waals surface area contributed by atoms with Crippen molar-refractivity contribution in [2.45, 2.75) is 19.6 Å². The summed E-state index contributed by atoms with van der Waals surface area (Å²) in [5.74, 6) is 0.490. The maximum Gasteiger partial charge on any atom is 0.435 e. The van der Waals surface area contributed by atoms with Gasteiger partial charge in [-0.15, -0.1) is 0 Å². The number of amides is 1. The second-order valence-corrected chi connectivity index (χ2v) is 6.79. The van der Waals surface area contributed by atoms with Crippen LogP contribution in [0.15, 0.2) is 30.7 Å². The second-order valence-electron chi connectivity index (χ2n) is 6.79. The van der Waals surface area contributed by atoms with Crippen molar-refractivity contribution in [1.29, 1.82) is 0 Å². The normalized spacial score (nSPS) is 14.2. The van der Waals surface area contributed by atoms with Crippen molar-refractivity contribution in [1.82, 2.24) is 24.6 Å². The molecule has 0 radical (unpaired) electrons. The smallest absolute Gasteiger partial charge is 0.435 e. The average Bonchev–Trinajstić information content (AvgIpc) is 3.18. The van der Waals surface area contributed by atoms with E-state index in [0.717, 1.165) is 10.5 Å². The van der Waals surface area contributed by atoms with Gasteiger partial charge < -0.3 is 14.6 Å². The summed E-state index contributed by atoms with van der Waals surface area (Å²) in [6.45, 7) is 2.60. The molecule has 7 nitrogen and oxygen atoms in total. The fourth-order valence-corrected chi connectivity index (χ4v) is 3.38. The summed E-state index contributed by atoms with van der Waals surface area (Å²) in [7, 11) is 1.42. The van der Waals surface area contributed by atoms with E-state index in [1.165, 1.54) is 13.2 Å². The van der Waals surface area contributed by atoms with E-state index >= 15 is 0 Å². The lowest BCUT2D eigenvalue weighted by Gasteiger charge is -2.16. The van der Waals surface area contributed by atoms with E-state index in [0.29, 0.717) is 12.1 Å². The van der Waals surface area contributed by atoms with Gasteiger partial charge in [0.25, 0.3) is 5.91 Å². The van der Waals surface area contributed by atoms with Crippen molar-refractivity contribution in [2.75, 3.05) is 13.2 Å². The van der Waals surface area contributed by atoms with Crippen molar-refractivity contribution in [3.05, 3.63) is 53.4 Å². The lowest BCUT2D eigenvalue weighted by Crippen LogP contribution is -2.24. The Morgan fingerprint density at radius 2 is 2.00 bits per heavy atom. The van der Waals surface area contributed by atoms with Crippen LogP contribution in [-0.4, -0.2) is 38.4 Å². The second kappa shape index (κ2) is 6.94. The van der Waals surface area contributed by atoms with E-state index in [2.05, 4.69) is 15.4 Å². The zero-order valence-electron chi connectivity index (χ0n) is 15.7. The molecule has 1 N–H and O–H groups in total. The molecule has 3 heterocycles. The molecular weight excluding hydrogens is 387 g/mol. The molecule has 0 saturated heterocycles. The monoisotopic (exact) mass is 405 g/mol. The standard InChI is InChI=1S/C19H18F3N5O2/c1-11-23-3-5-27(11)9-12-7-13(15-10-26(2)25-17(15)19(20,21)22)16-14(8-12)18(28)24-4-6-29-16/h3,5,7-8,10H,4,6,9H2,1-2H3,(H,24,28). The molecule has 2 aromatic heterocycles. The highest BCUT2D eigenvalue weighted by Gasteiger charge is 2.38. The molecule has 1 aliphatic rings. The summed E-state index contributed by atoms with van der Waals surface area (Å²) >= 11 is 0. The van der Waals surface area contributed by atoms with Crippen molar-refractivity contribution in [3.63, 3.8) is 0 Å². The number of carbonyl (C=O) groups is 1. The number of hydrogen-bond acceptors (Lipinski definition) is 4. The number of ether oxygens (including phenoxy) is 1. The molecule has 29 heavy (non-hydrogen) atoms. The zero-order valence-corrected chi connectivity index (χ0v) is 15.7. The molecule has 4 rings (SSSR count). The summed E-state index contributed by atoms with van der Waals surface area (Å²) in [6, 6.07) is 3.26. The third kappa shape index (κ3) is 3.57. The third-order valence-electron chi connectivity index (χ3n) is 4.69. The molecule has 0 bridgehead atoms. The Hall–Kier alpha value is -3.30. The van der Waals surface area contributed by atoms with Gasteiger partial charge in [0.15, 0.2) is 5.69 Å². The number of alkyl halides is 3. The van der Waals surface area contributed by atoms with Crippen molar-refractivity contribution in [2.24, 2.45) is 7.05 Å². The van der Waals surface area contributed by atoms with Crippen molar-refractivity contribution < 1.29 is 22.7 Å². The Kier molecular flexibility index (Phi) is 4.56. The predicted molar refractivity (Wildman–Crippen MR) is 97.5 cm³/mol. The number of carbonyl (C=O) groups excluding carboxylic acids is 1. The molecule has 0 unspecified atom stereocenters. The first kappa shape index (κ1) is 19.0. The molecule has 0 saturated carbocycles. The van der Waals surface area contributed by atoms with Crippen LogP contribution in [-0.2, 0) is 19.8 Å². The number of aryl methyl sites for hydroxylation is 2. The number of fused-ring (bicyclic) bond motifs is 1. The van der Waals surface area contributed by atoms with E-state index in [1.807, 2.05) is 11.5 Å². The zero-order chi connectivity index (χ0) is 20.8. The van der Waals surface area contributed by atoms with Gasteiger partial charge in [-0.05, 0) is 24.6 Å². The Morgan fingerprint density at radius 1 is 1.24 bits per heavy atom. The van der Waals surface area contributed by atoms with Gasteiger partial charge in [-0.3, -0.25) is 9.48 Å². The van der Waals surface area contributed by atoms with Gasteiger partial charge in [-0.2, -0.15) is 18.3 Å². The first-order valence-electron chi connectivity index (χ1n) is 8.91. The maximum absolute atomic E-state index is 13.6. The lowest BCUT2D eigenvalue weighted by molar-refractivity contribution is -0.140. The van der Waals surface area contributed by atoms with E-state index in [-0.39, 0.29) is 41.5 Å². The number of benzene rings is 1. The van der Waals surface area contributed by atoms with Crippen LogP contribution in [0, 0.1) is 6.92 Å². The van der Waals surface area contributed by atoms with Gasteiger partial charge in [0, 0.05) is 43.3 Å². The first-order valence-corrected chi connectivity index (χ1v) is 8.91.